The van der Waals surface area contributed by atoms with Crippen molar-refractivity contribution in [3.8, 4) is 0 Å². The molecule has 0 spiro atoms. The minimum atomic E-state index is -0.643. The molecule has 0 saturated heterocycles. The average Bonchev–Trinajstić information content (AvgIpc) is 2.80. The number of nitrogens with zero attached hydrogens (tertiary/aromatic N) is 1. The highest BCUT2D eigenvalue weighted by atomic mass is 32.1. The van der Waals surface area contributed by atoms with E-state index in [9.17, 15) is 14.0 Å². The SMILES string of the molecule is NC(=O)c1csc(NC(=O)Cc2ccc(F)cc2)n1. The van der Waals surface area contributed by atoms with Gasteiger partial charge in [0, 0.05) is 5.38 Å². The Bertz CT molecular complexity index is 610. The van der Waals surface area contributed by atoms with Crippen LogP contribution in [0.5, 0.6) is 0 Å². The lowest BCUT2D eigenvalue weighted by molar-refractivity contribution is -0.115. The van der Waals surface area contributed by atoms with E-state index in [0.717, 1.165) is 11.3 Å². The van der Waals surface area contributed by atoms with Crippen LogP contribution in [0.25, 0.3) is 0 Å². The van der Waals surface area contributed by atoms with Crippen molar-refractivity contribution in [1.82, 2.24) is 4.98 Å². The van der Waals surface area contributed by atoms with Gasteiger partial charge in [-0.2, -0.15) is 0 Å². The van der Waals surface area contributed by atoms with Gasteiger partial charge in [-0.1, -0.05) is 12.1 Å². The molecule has 19 heavy (non-hydrogen) atoms. The first-order valence-electron chi connectivity index (χ1n) is 5.34. The number of aromatic nitrogens is 1. The number of anilines is 1. The van der Waals surface area contributed by atoms with Crippen LogP contribution in [0.3, 0.4) is 0 Å². The maximum absolute atomic E-state index is 12.7. The van der Waals surface area contributed by atoms with Gasteiger partial charge in [-0.3, -0.25) is 9.59 Å². The zero-order chi connectivity index (χ0) is 13.8. The Balaban J connectivity index is 1.97. The maximum Gasteiger partial charge on any atom is 0.268 e. The van der Waals surface area contributed by atoms with Gasteiger partial charge in [-0.25, -0.2) is 9.37 Å². The summed E-state index contributed by atoms with van der Waals surface area (Å²) in [5, 5.41) is 4.32. The number of nitrogens with two attached hydrogens (primary N) is 1. The van der Waals surface area contributed by atoms with E-state index in [1.54, 1.807) is 0 Å². The Kier molecular flexibility index (Phi) is 3.86. The van der Waals surface area contributed by atoms with Gasteiger partial charge in [0.05, 0.1) is 6.42 Å². The van der Waals surface area contributed by atoms with Crippen LogP contribution in [0.4, 0.5) is 9.52 Å². The second kappa shape index (κ2) is 5.57. The minimum Gasteiger partial charge on any atom is -0.364 e. The van der Waals surface area contributed by atoms with Crippen molar-refractivity contribution >= 4 is 28.3 Å². The summed E-state index contributed by atoms with van der Waals surface area (Å²) in [5.41, 5.74) is 5.85. The molecule has 0 atom stereocenters. The maximum atomic E-state index is 12.7. The molecule has 0 unspecified atom stereocenters. The van der Waals surface area contributed by atoms with Crippen LogP contribution in [-0.4, -0.2) is 16.8 Å². The molecule has 2 aromatic rings. The predicted octanol–water partition coefficient (Wildman–Crippen LogP) is 1.56. The minimum absolute atomic E-state index is 0.103. The summed E-state index contributed by atoms with van der Waals surface area (Å²) in [6.45, 7) is 0. The highest BCUT2D eigenvalue weighted by Gasteiger charge is 2.10. The van der Waals surface area contributed by atoms with Crippen LogP contribution in [0.1, 0.15) is 16.1 Å². The van der Waals surface area contributed by atoms with Crippen LogP contribution in [0, 0.1) is 5.82 Å². The van der Waals surface area contributed by atoms with Gasteiger partial charge < -0.3 is 11.1 Å². The largest absolute Gasteiger partial charge is 0.364 e. The fraction of sp³-hybridized carbons (Fsp3) is 0.0833. The monoisotopic (exact) mass is 279 g/mol. The predicted molar refractivity (Wildman–Crippen MR) is 69.4 cm³/mol. The molecule has 0 saturated carbocycles. The fourth-order valence-corrected chi connectivity index (χ4v) is 2.11. The summed E-state index contributed by atoms with van der Waals surface area (Å²) in [6.07, 6.45) is 0.103. The standard InChI is InChI=1S/C12H10FN3O2S/c13-8-3-1-7(2-4-8)5-10(17)16-12-15-9(6-19-12)11(14)18/h1-4,6H,5H2,(H2,14,18)(H,15,16,17). The first-order valence-corrected chi connectivity index (χ1v) is 6.22. The zero-order valence-electron chi connectivity index (χ0n) is 9.72. The molecule has 0 bridgehead atoms. The van der Waals surface area contributed by atoms with Crippen molar-refractivity contribution < 1.29 is 14.0 Å². The van der Waals surface area contributed by atoms with Crippen molar-refractivity contribution in [3.05, 3.63) is 46.7 Å². The Morgan fingerprint density at radius 3 is 2.58 bits per heavy atom. The zero-order valence-corrected chi connectivity index (χ0v) is 10.5. The lowest BCUT2D eigenvalue weighted by Gasteiger charge is -2.01. The van der Waals surface area contributed by atoms with Gasteiger partial charge in [0.1, 0.15) is 11.5 Å². The Morgan fingerprint density at radius 2 is 2.00 bits per heavy atom. The molecule has 1 aromatic carbocycles. The van der Waals surface area contributed by atoms with Crippen molar-refractivity contribution in [2.45, 2.75) is 6.42 Å². The number of amides is 2. The number of carbonyl (C=O) groups excluding carboxylic acids is 2. The summed E-state index contributed by atoms with van der Waals surface area (Å²) in [4.78, 5) is 26.4. The molecule has 0 radical (unpaired) electrons. The van der Waals surface area contributed by atoms with Gasteiger partial charge in [0.25, 0.3) is 5.91 Å². The third-order valence-electron chi connectivity index (χ3n) is 2.28. The van der Waals surface area contributed by atoms with Crippen LogP contribution >= 0.6 is 11.3 Å². The molecular weight excluding hydrogens is 269 g/mol. The van der Waals surface area contributed by atoms with Crippen LogP contribution in [0.2, 0.25) is 0 Å². The molecule has 0 aliphatic heterocycles. The van der Waals surface area contributed by atoms with E-state index in [1.165, 1.54) is 29.6 Å². The topological polar surface area (TPSA) is 85.1 Å². The lowest BCUT2D eigenvalue weighted by atomic mass is 10.1. The molecule has 2 rings (SSSR count). The van der Waals surface area contributed by atoms with E-state index in [4.69, 9.17) is 5.73 Å². The summed E-state index contributed by atoms with van der Waals surface area (Å²) in [7, 11) is 0. The number of nitrogens with one attached hydrogen (secondary N) is 1. The Labute approximate surface area is 112 Å². The summed E-state index contributed by atoms with van der Waals surface area (Å²) in [6, 6.07) is 5.64. The van der Waals surface area contributed by atoms with E-state index in [0.29, 0.717) is 10.7 Å². The van der Waals surface area contributed by atoms with E-state index in [2.05, 4.69) is 10.3 Å². The van der Waals surface area contributed by atoms with Gasteiger partial charge in [-0.05, 0) is 17.7 Å². The summed E-state index contributed by atoms with van der Waals surface area (Å²) < 4.78 is 12.7. The number of thiazole rings is 1. The van der Waals surface area contributed by atoms with E-state index in [-0.39, 0.29) is 23.8 Å². The summed E-state index contributed by atoms with van der Waals surface area (Å²) >= 11 is 1.12. The number of halogens is 1. The number of benzene rings is 1. The Morgan fingerprint density at radius 1 is 1.32 bits per heavy atom. The second-order valence-electron chi connectivity index (χ2n) is 3.75. The molecule has 5 nitrogen and oxygen atoms in total. The van der Waals surface area contributed by atoms with Gasteiger partial charge in [0.15, 0.2) is 5.13 Å². The summed E-state index contributed by atoms with van der Waals surface area (Å²) in [5.74, 6) is -1.29. The number of rotatable bonds is 4. The molecule has 98 valence electrons. The molecule has 1 aromatic heterocycles. The molecule has 2 amide bonds. The molecule has 0 aliphatic rings. The smallest absolute Gasteiger partial charge is 0.268 e. The molecule has 0 fully saturated rings. The number of carbonyl (C=O) groups is 2. The first kappa shape index (κ1) is 13.2. The quantitative estimate of drug-likeness (QED) is 0.890. The third kappa shape index (κ3) is 3.59. The lowest BCUT2D eigenvalue weighted by Crippen LogP contribution is -2.15. The number of hydrogen-bond acceptors (Lipinski definition) is 4. The average molecular weight is 279 g/mol. The van der Waals surface area contributed by atoms with Crippen molar-refractivity contribution in [1.29, 1.82) is 0 Å². The van der Waals surface area contributed by atoms with Gasteiger partial charge in [-0.15, -0.1) is 11.3 Å². The molecule has 3 N–H and O–H groups in total. The van der Waals surface area contributed by atoms with Crippen molar-refractivity contribution in [2.24, 2.45) is 5.73 Å². The van der Waals surface area contributed by atoms with Crippen molar-refractivity contribution in [2.75, 3.05) is 5.32 Å². The van der Waals surface area contributed by atoms with Gasteiger partial charge in [0.2, 0.25) is 5.91 Å². The molecule has 7 heteroatoms. The number of hydrogen-bond donors (Lipinski definition) is 2. The van der Waals surface area contributed by atoms with Crippen LogP contribution in [-0.2, 0) is 11.2 Å². The Hall–Kier alpha value is -2.28. The molecule has 1 heterocycles. The normalized spacial score (nSPS) is 10.2. The molecule has 0 aliphatic carbocycles. The fourth-order valence-electron chi connectivity index (χ4n) is 1.40. The second-order valence-corrected chi connectivity index (χ2v) is 4.61. The van der Waals surface area contributed by atoms with E-state index >= 15 is 0 Å². The highest BCUT2D eigenvalue weighted by molar-refractivity contribution is 7.14. The third-order valence-corrected chi connectivity index (χ3v) is 3.04. The highest BCUT2D eigenvalue weighted by Crippen LogP contribution is 2.15. The number of primary amides is 1. The first-order chi connectivity index (χ1) is 9.04. The van der Waals surface area contributed by atoms with Crippen LogP contribution in [0.15, 0.2) is 29.6 Å². The van der Waals surface area contributed by atoms with Gasteiger partial charge >= 0.3 is 0 Å². The van der Waals surface area contributed by atoms with E-state index in [1.807, 2.05) is 0 Å². The van der Waals surface area contributed by atoms with Crippen LogP contribution < -0.4 is 11.1 Å². The molecular formula is C12H10FN3O2S. The van der Waals surface area contributed by atoms with E-state index < -0.39 is 5.91 Å². The van der Waals surface area contributed by atoms with Crippen molar-refractivity contribution in [3.63, 3.8) is 0 Å².